The minimum atomic E-state index is -4.37. The molecule has 0 saturated heterocycles. The van der Waals surface area contributed by atoms with Crippen molar-refractivity contribution in [2.45, 2.75) is 32.5 Å². The molecular formula is C12H14F3NO. The molecule has 0 aliphatic carbocycles. The standard InChI is InChI=1S/C12H14F3NO/c1-3-8(2)16-11(17)9-4-6-10(7-5-9)12(13,14)15/h4-8H,3H2,1-2H3,(H,16,17). The molecule has 0 spiro atoms. The average molecular weight is 245 g/mol. The van der Waals surface area contributed by atoms with Crippen molar-refractivity contribution in [1.82, 2.24) is 5.32 Å². The topological polar surface area (TPSA) is 29.1 Å². The zero-order chi connectivity index (χ0) is 13.1. The number of carbonyl (C=O) groups is 1. The molecular weight excluding hydrogens is 231 g/mol. The van der Waals surface area contributed by atoms with Gasteiger partial charge in [0.1, 0.15) is 0 Å². The number of nitrogens with one attached hydrogen (secondary N) is 1. The van der Waals surface area contributed by atoms with E-state index in [9.17, 15) is 18.0 Å². The van der Waals surface area contributed by atoms with E-state index >= 15 is 0 Å². The molecule has 0 heterocycles. The number of carbonyl (C=O) groups excluding carboxylic acids is 1. The summed E-state index contributed by atoms with van der Waals surface area (Å²) in [5.41, 5.74) is -0.518. The zero-order valence-electron chi connectivity index (χ0n) is 9.64. The Balaban J connectivity index is 2.78. The molecule has 1 aromatic carbocycles. The van der Waals surface area contributed by atoms with Gasteiger partial charge in [0, 0.05) is 11.6 Å². The maximum atomic E-state index is 12.3. The fourth-order valence-corrected chi connectivity index (χ4v) is 1.22. The van der Waals surface area contributed by atoms with Crippen LogP contribution in [0.1, 0.15) is 36.2 Å². The van der Waals surface area contributed by atoms with E-state index in [0.717, 1.165) is 18.6 Å². The highest BCUT2D eigenvalue weighted by molar-refractivity contribution is 5.94. The van der Waals surface area contributed by atoms with Crippen LogP contribution in [0.3, 0.4) is 0 Å². The van der Waals surface area contributed by atoms with E-state index in [1.165, 1.54) is 12.1 Å². The summed E-state index contributed by atoms with van der Waals surface area (Å²) in [7, 11) is 0. The van der Waals surface area contributed by atoms with Crippen molar-refractivity contribution >= 4 is 5.91 Å². The molecule has 1 N–H and O–H groups in total. The maximum absolute atomic E-state index is 12.3. The predicted octanol–water partition coefficient (Wildman–Crippen LogP) is 3.23. The van der Waals surface area contributed by atoms with Gasteiger partial charge in [-0.05, 0) is 37.6 Å². The summed E-state index contributed by atoms with van der Waals surface area (Å²) in [4.78, 5) is 11.6. The molecule has 94 valence electrons. The first-order valence-electron chi connectivity index (χ1n) is 5.32. The van der Waals surface area contributed by atoms with Crippen molar-refractivity contribution in [2.24, 2.45) is 0 Å². The van der Waals surface area contributed by atoms with Crippen LogP contribution in [0.25, 0.3) is 0 Å². The van der Waals surface area contributed by atoms with Gasteiger partial charge in [-0.1, -0.05) is 6.92 Å². The van der Waals surface area contributed by atoms with E-state index in [1.54, 1.807) is 0 Å². The maximum Gasteiger partial charge on any atom is 0.416 e. The Bertz CT molecular complexity index is 384. The molecule has 0 saturated carbocycles. The second-order valence-corrected chi connectivity index (χ2v) is 3.86. The van der Waals surface area contributed by atoms with Crippen molar-refractivity contribution in [3.05, 3.63) is 35.4 Å². The average Bonchev–Trinajstić information content (AvgIpc) is 2.27. The molecule has 0 bridgehead atoms. The number of alkyl halides is 3. The molecule has 0 fully saturated rings. The van der Waals surface area contributed by atoms with Crippen LogP contribution in [0.4, 0.5) is 13.2 Å². The van der Waals surface area contributed by atoms with Crippen LogP contribution in [-0.4, -0.2) is 11.9 Å². The first-order valence-corrected chi connectivity index (χ1v) is 5.32. The van der Waals surface area contributed by atoms with Crippen molar-refractivity contribution in [1.29, 1.82) is 0 Å². The van der Waals surface area contributed by atoms with Gasteiger partial charge in [-0.2, -0.15) is 13.2 Å². The highest BCUT2D eigenvalue weighted by atomic mass is 19.4. The Hall–Kier alpha value is -1.52. The molecule has 1 aromatic rings. The molecule has 2 nitrogen and oxygen atoms in total. The van der Waals surface area contributed by atoms with E-state index in [1.807, 2.05) is 13.8 Å². The first-order chi connectivity index (χ1) is 7.84. The third-order valence-electron chi connectivity index (χ3n) is 2.46. The second kappa shape index (κ2) is 5.21. The molecule has 1 atom stereocenters. The minimum absolute atomic E-state index is 0.00444. The minimum Gasteiger partial charge on any atom is -0.350 e. The van der Waals surface area contributed by atoms with Crippen LogP contribution in [0.5, 0.6) is 0 Å². The summed E-state index contributed by atoms with van der Waals surface area (Å²) in [6.07, 6.45) is -3.60. The summed E-state index contributed by atoms with van der Waals surface area (Å²) in [6.45, 7) is 3.75. The van der Waals surface area contributed by atoms with Crippen molar-refractivity contribution in [3.8, 4) is 0 Å². The molecule has 0 aliphatic heterocycles. The van der Waals surface area contributed by atoms with Crippen molar-refractivity contribution in [3.63, 3.8) is 0 Å². The third kappa shape index (κ3) is 3.76. The van der Waals surface area contributed by atoms with Crippen LogP contribution in [0.2, 0.25) is 0 Å². The van der Waals surface area contributed by atoms with Gasteiger partial charge in [-0.25, -0.2) is 0 Å². The van der Waals surface area contributed by atoms with E-state index in [-0.39, 0.29) is 17.5 Å². The van der Waals surface area contributed by atoms with E-state index in [0.29, 0.717) is 0 Å². The highest BCUT2D eigenvalue weighted by Crippen LogP contribution is 2.29. The summed E-state index contributed by atoms with van der Waals surface area (Å²) >= 11 is 0. The molecule has 5 heteroatoms. The van der Waals surface area contributed by atoms with Gasteiger partial charge in [-0.3, -0.25) is 4.79 Å². The van der Waals surface area contributed by atoms with Crippen LogP contribution < -0.4 is 5.32 Å². The van der Waals surface area contributed by atoms with Crippen molar-refractivity contribution in [2.75, 3.05) is 0 Å². The Morgan fingerprint density at radius 3 is 2.24 bits per heavy atom. The monoisotopic (exact) mass is 245 g/mol. The van der Waals surface area contributed by atoms with Gasteiger partial charge in [0.15, 0.2) is 0 Å². The number of amides is 1. The normalized spacial score (nSPS) is 13.2. The highest BCUT2D eigenvalue weighted by Gasteiger charge is 2.30. The molecule has 0 radical (unpaired) electrons. The lowest BCUT2D eigenvalue weighted by Gasteiger charge is -2.12. The lowest BCUT2D eigenvalue weighted by atomic mass is 10.1. The van der Waals surface area contributed by atoms with Gasteiger partial charge in [0.05, 0.1) is 5.56 Å². The number of rotatable bonds is 3. The van der Waals surface area contributed by atoms with Crippen molar-refractivity contribution < 1.29 is 18.0 Å². The Morgan fingerprint density at radius 1 is 1.29 bits per heavy atom. The SMILES string of the molecule is CCC(C)NC(=O)c1ccc(C(F)(F)F)cc1. The fourth-order valence-electron chi connectivity index (χ4n) is 1.22. The zero-order valence-corrected chi connectivity index (χ0v) is 9.64. The quantitative estimate of drug-likeness (QED) is 0.870. The van der Waals surface area contributed by atoms with Gasteiger partial charge >= 0.3 is 6.18 Å². The van der Waals surface area contributed by atoms with Crippen LogP contribution in [0, 0.1) is 0 Å². The van der Waals surface area contributed by atoms with Gasteiger partial charge < -0.3 is 5.32 Å². The Labute approximate surface area is 97.8 Å². The summed E-state index contributed by atoms with van der Waals surface area (Å²) in [6, 6.07) is 4.18. The smallest absolute Gasteiger partial charge is 0.350 e. The molecule has 0 aromatic heterocycles. The molecule has 17 heavy (non-hydrogen) atoms. The molecule has 1 unspecified atom stereocenters. The van der Waals surface area contributed by atoms with Gasteiger partial charge in [-0.15, -0.1) is 0 Å². The predicted molar refractivity (Wildman–Crippen MR) is 58.7 cm³/mol. The van der Waals surface area contributed by atoms with E-state index in [4.69, 9.17) is 0 Å². The summed E-state index contributed by atoms with van der Waals surface area (Å²) in [5.74, 6) is -0.354. The summed E-state index contributed by atoms with van der Waals surface area (Å²) < 4.78 is 36.9. The first kappa shape index (κ1) is 13.5. The molecule has 1 amide bonds. The Morgan fingerprint density at radius 2 is 1.82 bits per heavy atom. The lowest BCUT2D eigenvalue weighted by molar-refractivity contribution is -0.137. The largest absolute Gasteiger partial charge is 0.416 e. The number of halogens is 3. The van der Waals surface area contributed by atoms with E-state index in [2.05, 4.69) is 5.32 Å². The number of benzene rings is 1. The molecule has 0 aliphatic rings. The number of hydrogen-bond acceptors (Lipinski definition) is 1. The molecule has 1 rings (SSSR count). The van der Waals surface area contributed by atoms with Gasteiger partial charge in [0.2, 0.25) is 0 Å². The Kier molecular flexibility index (Phi) is 4.15. The van der Waals surface area contributed by atoms with E-state index < -0.39 is 11.7 Å². The fraction of sp³-hybridized carbons (Fsp3) is 0.417. The van der Waals surface area contributed by atoms with Crippen LogP contribution >= 0.6 is 0 Å². The summed E-state index contributed by atoms with van der Waals surface area (Å²) in [5, 5.41) is 2.68. The van der Waals surface area contributed by atoms with Gasteiger partial charge in [0.25, 0.3) is 5.91 Å². The lowest BCUT2D eigenvalue weighted by Crippen LogP contribution is -2.31. The van der Waals surface area contributed by atoms with Crippen LogP contribution in [-0.2, 0) is 6.18 Å². The number of hydrogen-bond donors (Lipinski definition) is 1. The van der Waals surface area contributed by atoms with Crippen LogP contribution in [0.15, 0.2) is 24.3 Å². The second-order valence-electron chi connectivity index (χ2n) is 3.86. The third-order valence-corrected chi connectivity index (χ3v) is 2.46.